The predicted molar refractivity (Wildman–Crippen MR) is 128 cm³/mol. The van der Waals surface area contributed by atoms with Gasteiger partial charge >= 0.3 is 0 Å². The lowest BCUT2D eigenvalue weighted by molar-refractivity contribution is 0.0949. The van der Waals surface area contributed by atoms with Crippen LogP contribution in [0, 0.1) is 13.8 Å². The van der Waals surface area contributed by atoms with Crippen molar-refractivity contribution in [2.24, 2.45) is 5.10 Å². The molecular formula is C25H21BrN4O. The zero-order valence-corrected chi connectivity index (χ0v) is 18.8. The van der Waals surface area contributed by atoms with E-state index in [0.717, 1.165) is 32.5 Å². The van der Waals surface area contributed by atoms with Crippen LogP contribution in [-0.4, -0.2) is 21.9 Å². The molecule has 0 fully saturated rings. The Morgan fingerprint density at radius 1 is 0.968 bits per heavy atom. The maximum absolute atomic E-state index is 12.7. The summed E-state index contributed by atoms with van der Waals surface area (Å²) in [6.45, 7) is 4.08. The SMILES string of the molecule is Cc1ccc(-c2cc(C(=O)N/N=C\c3ccc(Br)cc3)nn2-c2cccc(C)c2)cc1. The summed E-state index contributed by atoms with van der Waals surface area (Å²) in [5, 5.41) is 8.65. The van der Waals surface area contributed by atoms with Crippen molar-refractivity contribution >= 4 is 28.1 Å². The highest BCUT2D eigenvalue weighted by molar-refractivity contribution is 9.10. The van der Waals surface area contributed by atoms with E-state index in [9.17, 15) is 4.79 Å². The molecule has 0 aliphatic rings. The number of halogens is 1. The minimum atomic E-state index is -0.367. The average Bonchev–Trinajstić information content (AvgIpc) is 3.21. The van der Waals surface area contributed by atoms with Crippen molar-refractivity contribution in [3.05, 3.63) is 106 Å². The van der Waals surface area contributed by atoms with Gasteiger partial charge in [-0.15, -0.1) is 0 Å². The Morgan fingerprint density at radius 2 is 1.71 bits per heavy atom. The predicted octanol–water partition coefficient (Wildman–Crippen LogP) is 5.68. The van der Waals surface area contributed by atoms with Gasteiger partial charge in [0.1, 0.15) is 0 Å². The van der Waals surface area contributed by atoms with Gasteiger partial charge in [-0.3, -0.25) is 4.79 Å². The van der Waals surface area contributed by atoms with Crippen molar-refractivity contribution in [2.45, 2.75) is 13.8 Å². The molecule has 0 saturated carbocycles. The molecule has 0 atom stereocenters. The molecule has 0 aliphatic carbocycles. The Bertz CT molecular complexity index is 1240. The summed E-state index contributed by atoms with van der Waals surface area (Å²) in [5.74, 6) is -0.367. The fourth-order valence-corrected chi connectivity index (χ4v) is 3.41. The first kappa shape index (κ1) is 20.8. The number of carbonyl (C=O) groups is 1. The lowest BCUT2D eigenvalue weighted by atomic mass is 10.1. The van der Waals surface area contributed by atoms with Gasteiger partial charge in [-0.2, -0.15) is 10.2 Å². The molecule has 0 bridgehead atoms. The van der Waals surface area contributed by atoms with Gasteiger partial charge in [-0.25, -0.2) is 10.1 Å². The summed E-state index contributed by atoms with van der Waals surface area (Å²) in [6, 6.07) is 25.6. The molecule has 31 heavy (non-hydrogen) atoms. The molecule has 0 saturated heterocycles. The van der Waals surface area contributed by atoms with Crippen LogP contribution < -0.4 is 5.43 Å². The lowest BCUT2D eigenvalue weighted by Gasteiger charge is -2.08. The highest BCUT2D eigenvalue weighted by Crippen LogP contribution is 2.25. The van der Waals surface area contributed by atoms with E-state index in [1.54, 1.807) is 17.0 Å². The summed E-state index contributed by atoms with van der Waals surface area (Å²) in [7, 11) is 0. The first-order valence-electron chi connectivity index (χ1n) is 9.83. The van der Waals surface area contributed by atoms with Gasteiger partial charge in [0.2, 0.25) is 0 Å². The molecule has 5 nitrogen and oxygen atoms in total. The number of benzene rings is 3. The molecule has 6 heteroatoms. The Kier molecular flexibility index (Phi) is 6.09. The molecule has 154 valence electrons. The van der Waals surface area contributed by atoms with Crippen molar-refractivity contribution in [2.75, 3.05) is 0 Å². The number of hydrogen-bond donors (Lipinski definition) is 1. The van der Waals surface area contributed by atoms with Crippen LogP contribution in [0.1, 0.15) is 27.2 Å². The molecule has 1 heterocycles. The van der Waals surface area contributed by atoms with E-state index < -0.39 is 0 Å². The van der Waals surface area contributed by atoms with Gasteiger partial charge in [0.05, 0.1) is 17.6 Å². The largest absolute Gasteiger partial charge is 0.291 e. The van der Waals surface area contributed by atoms with Crippen LogP contribution in [0.5, 0.6) is 0 Å². The van der Waals surface area contributed by atoms with E-state index in [1.807, 2.05) is 86.6 Å². The summed E-state index contributed by atoms with van der Waals surface area (Å²) < 4.78 is 2.78. The molecule has 0 spiro atoms. The fraction of sp³-hybridized carbons (Fsp3) is 0.0800. The first-order chi connectivity index (χ1) is 15.0. The molecule has 1 aromatic heterocycles. The molecule has 4 aromatic rings. The van der Waals surface area contributed by atoms with E-state index in [4.69, 9.17) is 0 Å². The van der Waals surface area contributed by atoms with Crippen LogP contribution in [-0.2, 0) is 0 Å². The van der Waals surface area contributed by atoms with Gasteiger partial charge in [-0.05, 0) is 55.3 Å². The van der Waals surface area contributed by atoms with Crippen molar-refractivity contribution in [3.63, 3.8) is 0 Å². The molecule has 4 rings (SSSR count). The average molecular weight is 473 g/mol. The summed E-state index contributed by atoms with van der Waals surface area (Å²) in [5.41, 5.74) is 8.76. The van der Waals surface area contributed by atoms with E-state index in [1.165, 1.54) is 5.56 Å². The van der Waals surface area contributed by atoms with Gasteiger partial charge in [-0.1, -0.05) is 70.0 Å². The molecule has 1 N–H and O–H groups in total. The number of rotatable bonds is 5. The molecule has 1 amide bonds. The van der Waals surface area contributed by atoms with Gasteiger partial charge in [0, 0.05) is 10.0 Å². The van der Waals surface area contributed by atoms with Gasteiger partial charge < -0.3 is 0 Å². The number of aromatic nitrogens is 2. The molecule has 3 aromatic carbocycles. The van der Waals surface area contributed by atoms with Crippen molar-refractivity contribution in [1.29, 1.82) is 0 Å². The first-order valence-corrected chi connectivity index (χ1v) is 10.6. The molecular weight excluding hydrogens is 452 g/mol. The standard InChI is InChI=1S/C25H21BrN4O/c1-17-6-10-20(11-7-17)24-15-23(29-30(24)22-5-3-4-18(2)14-22)25(31)28-27-16-19-8-12-21(26)13-9-19/h3-16H,1-2H3,(H,28,31)/b27-16-. The van der Waals surface area contributed by atoms with Gasteiger partial charge in [0.25, 0.3) is 5.91 Å². The van der Waals surface area contributed by atoms with E-state index in [0.29, 0.717) is 5.69 Å². The third kappa shape index (κ3) is 4.98. The molecule has 0 unspecified atom stereocenters. The maximum Gasteiger partial charge on any atom is 0.291 e. The highest BCUT2D eigenvalue weighted by atomic mass is 79.9. The quantitative estimate of drug-likeness (QED) is 0.299. The van der Waals surface area contributed by atoms with Crippen LogP contribution >= 0.6 is 15.9 Å². The topological polar surface area (TPSA) is 59.3 Å². The number of carbonyl (C=O) groups excluding carboxylic acids is 1. The minimum absolute atomic E-state index is 0.296. The lowest BCUT2D eigenvalue weighted by Crippen LogP contribution is -2.18. The third-order valence-electron chi connectivity index (χ3n) is 4.79. The number of nitrogens with zero attached hydrogens (tertiary/aromatic N) is 3. The monoisotopic (exact) mass is 472 g/mol. The number of hydrogen-bond acceptors (Lipinski definition) is 3. The Morgan fingerprint density at radius 3 is 2.42 bits per heavy atom. The second kappa shape index (κ2) is 9.10. The second-order valence-electron chi connectivity index (χ2n) is 7.28. The summed E-state index contributed by atoms with van der Waals surface area (Å²) in [6.07, 6.45) is 1.60. The maximum atomic E-state index is 12.7. The summed E-state index contributed by atoms with van der Waals surface area (Å²) in [4.78, 5) is 12.7. The van der Waals surface area contributed by atoms with Crippen LogP contribution in [0.3, 0.4) is 0 Å². The van der Waals surface area contributed by atoms with Crippen LogP contribution in [0.15, 0.2) is 88.4 Å². The number of hydrazone groups is 1. The normalized spacial score (nSPS) is 11.1. The van der Waals surface area contributed by atoms with Crippen molar-refractivity contribution < 1.29 is 4.79 Å². The summed E-state index contributed by atoms with van der Waals surface area (Å²) >= 11 is 3.40. The number of aryl methyl sites for hydroxylation is 2. The zero-order valence-electron chi connectivity index (χ0n) is 17.2. The Balaban J connectivity index is 1.64. The van der Waals surface area contributed by atoms with Gasteiger partial charge in [0.15, 0.2) is 5.69 Å². The molecule has 0 radical (unpaired) electrons. The zero-order chi connectivity index (χ0) is 21.8. The van der Waals surface area contributed by atoms with Crippen LogP contribution in [0.2, 0.25) is 0 Å². The Hall–Kier alpha value is -3.51. The van der Waals surface area contributed by atoms with Crippen molar-refractivity contribution in [1.82, 2.24) is 15.2 Å². The minimum Gasteiger partial charge on any atom is -0.265 e. The second-order valence-corrected chi connectivity index (χ2v) is 8.20. The number of amides is 1. The fourth-order valence-electron chi connectivity index (χ4n) is 3.15. The Labute approximate surface area is 189 Å². The smallest absolute Gasteiger partial charge is 0.265 e. The van der Waals surface area contributed by atoms with Crippen LogP contribution in [0.25, 0.3) is 16.9 Å². The van der Waals surface area contributed by atoms with E-state index in [2.05, 4.69) is 31.6 Å². The molecule has 0 aliphatic heterocycles. The van der Waals surface area contributed by atoms with E-state index in [-0.39, 0.29) is 5.91 Å². The van der Waals surface area contributed by atoms with Crippen molar-refractivity contribution in [3.8, 4) is 16.9 Å². The van der Waals surface area contributed by atoms with E-state index >= 15 is 0 Å². The third-order valence-corrected chi connectivity index (χ3v) is 5.31. The highest BCUT2D eigenvalue weighted by Gasteiger charge is 2.16. The van der Waals surface area contributed by atoms with Crippen LogP contribution in [0.4, 0.5) is 0 Å². The number of nitrogens with one attached hydrogen (secondary N) is 1.